The summed E-state index contributed by atoms with van der Waals surface area (Å²) in [4.78, 5) is 34.0. The molecule has 1 aromatic carbocycles. The molecule has 1 aromatic heterocycles. The first-order valence-electron chi connectivity index (χ1n) is 9.39. The molecule has 2 aromatic rings. The zero-order chi connectivity index (χ0) is 21.9. The molecule has 0 bridgehead atoms. The van der Waals surface area contributed by atoms with Gasteiger partial charge in [0.2, 0.25) is 0 Å². The van der Waals surface area contributed by atoms with Crippen LogP contribution in [0.25, 0.3) is 0 Å². The van der Waals surface area contributed by atoms with E-state index in [0.717, 1.165) is 29.4 Å². The first-order valence-corrected chi connectivity index (χ1v) is 10.2. The Bertz CT molecular complexity index is 917. The summed E-state index contributed by atoms with van der Waals surface area (Å²) < 4.78 is 37.4. The van der Waals surface area contributed by atoms with Gasteiger partial charge in [-0.05, 0) is 67.6 Å². The summed E-state index contributed by atoms with van der Waals surface area (Å²) in [5.74, 6) is 0.374. The summed E-state index contributed by atoms with van der Waals surface area (Å²) in [6, 6.07) is 8.35. The summed E-state index contributed by atoms with van der Waals surface area (Å²) in [6.07, 6.45) is 1.67. The SMILES string of the molecule is CCN(CC)c1cc(CN2CC(=O)N(c3ccc(SC(F)(F)F)cc3)C2=O)ccn1. The Morgan fingerprint density at radius 2 is 1.77 bits per heavy atom. The molecular formula is C20H21F3N4O2S. The maximum absolute atomic E-state index is 12.8. The van der Waals surface area contributed by atoms with Crippen molar-refractivity contribution in [3.05, 3.63) is 48.2 Å². The van der Waals surface area contributed by atoms with Crippen LogP contribution in [0.3, 0.4) is 0 Å². The Morgan fingerprint density at radius 3 is 2.37 bits per heavy atom. The van der Waals surface area contributed by atoms with Gasteiger partial charge in [-0.25, -0.2) is 14.7 Å². The minimum atomic E-state index is -4.40. The van der Waals surface area contributed by atoms with Crippen molar-refractivity contribution < 1.29 is 22.8 Å². The zero-order valence-corrected chi connectivity index (χ0v) is 17.3. The van der Waals surface area contributed by atoms with E-state index in [9.17, 15) is 22.8 Å². The summed E-state index contributed by atoms with van der Waals surface area (Å²) in [5.41, 5.74) is -3.31. The summed E-state index contributed by atoms with van der Waals surface area (Å²) in [5, 5.41) is 0. The van der Waals surface area contributed by atoms with E-state index >= 15 is 0 Å². The number of nitrogens with zero attached hydrogens (tertiary/aromatic N) is 4. The van der Waals surface area contributed by atoms with E-state index in [4.69, 9.17) is 0 Å². The maximum atomic E-state index is 12.8. The highest BCUT2D eigenvalue weighted by Crippen LogP contribution is 2.37. The van der Waals surface area contributed by atoms with Crippen molar-refractivity contribution >= 4 is 35.2 Å². The lowest BCUT2D eigenvalue weighted by atomic mass is 10.2. The van der Waals surface area contributed by atoms with Crippen molar-refractivity contribution in [2.45, 2.75) is 30.8 Å². The molecule has 0 saturated carbocycles. The van der Waals surface area contributed by atoms with Gasteiger partial charge >= 0.3 is 11.5 Å². The molecule has 1 aliphatic rings. The lowest BCUT2D eigenvalue weighted by Gasteiger charge is -2.21. The minimum Gasteiger partial charge on any atom is -0.357 e. The monoisotopic (exact) mass is 438 g/mol. The highest BCUT2D eigenvalue weighted by Gasteiger charge is 2.37. The number of benzene rings is 1. The largest absolute Gasteiger partial charge is 0.446 e. The molecule has 10 heteroatoms. The molecule has 1 saturated heterocycles. The fourth-order valence-corrected chi connectivity index (χ4v) is 3.76. The second-order valence-corrected chi connectivity index (χ2v) is 7.74. The van der Waals surface area contributed by atoms with E-state index in [-0.39, 0.29) is 35.4 Å². The molecule has 6 nitrogen and oxygen atoms in total. The number of pyridine rings is 1. The van der Waals surface area contributed by atoms with Crippen LogP contribution >= 0.6 is 11.8 Å². The molecule has 30 heavy (non-hydrogen) atoms. The topological polar surface area (TPSA) is 56.8 Å². The Kier molecular flexibility index (Phi) is 6.55. The predicted molar refractivity (Wildman–Crippen MR) is 109 cm³/mol. The number of aromatic nitrogens is 1. The number of alkyl halides is 3. The molecule has 160 valence electrons. The second kappa shape index (κ2) is 8.95. The molecule has 0 atom stereocenters. The summed E-state index contributed by atoms with van der Waals surface area (Å²) >= 11 is -0.246. The van der Waals surface area contributed by atoms with Gasteiger partial charge in [0.25, 0.3) is 5.91 Å². The summed E-state index contributed by atoms with van der Waals surface area (Å²) in [7, 11) is 0. The predicted octanol–water partition coefficient (Wildman–Crippen LogP) is 4.51. The van der Waals surface area contributed by atoms with Gasteiger partial charge in [0.1, 0.15) is 12.4 Å². The fraction of sp³-hybridized carbons (Fsp3) is 0.350. The van der Waals surface area contributed by atoms with Crippen LogP contribution < -0.4 is 9.80 Å². The number of amides is 3. The van der Waals surface area contributed by atoms with Crippen LogP contribution in [0, 0.1) is 0 Å². The van der Waals surface area contributed by atoms with Gasteiger partial charge < -0.3 is 9.80 Å². The average molecular weight is 438 g/mol. The smallest absolute Gasteiger partial charge is 0.357 e. The number of carbonyl (C=O) groups is 2. The van der Waals surface area contributed by atoms with Gasteiger partial charge in [-0.2, -0.15) is 13.2 Å². The molecule has 2 heterocycles. The van der Waals surface area contributed by atoms with Gasteiger partial charge in [0.15, 0.2) is 0 Å². The first kappa shape index (κ1) is 21.9. The zero-order valence-electron chi connectivity index (χ0n) is 16.5. The van der Waals surface area contributed by atoms with Crippen molar-refractivity contribution in [1.82, 2.24) is 9.88 Å². The molecule has 0 spiro atoms. The third-order valence-corrected chi connectivity index (χ3v) is 5.38. The van der Waals surface area contributed by atoms with Crippen molar-refractivity contribution in [3.8, 4) is 0 Å². The number of imide groups is 1. The van der Waals surface area contributed by atoms with Gasteiger partial charge in [-0.3, -0.25) is 4.79 Å². The molecule has 0 aliphatic carbocycles. The van der Waals surface area contributed by atoms with Crippen molar-refractivity contribution in [2.75, 3.05) is 29.4 Å². The van der Waals surface area contributed by atoms with Crippen molar-refractivity contribution in [1.29, 1.82) is 0 Å². The van der Waals surface area contributed by atoms with Gasteiger partial charge in [-0.15, -0.1) is 0 Å². The molecule has 0 unspecified atom stereocenters. The Morgan fingerprint density at radius 1 is 1.10 bits per heavy atom. The molecular weight excluding hydrogens is 417 g/mol. The number of urea groups is 1. The standard InChI is InChI=1S/C20H21F3N4O2S/c1-3-25(4-2)17-11-14(9-10-24-17)12-26-13-18(28)27(19(26)29)15-5-7-16(8-6-15)30-20(21,22)23/h5-11H,3-4,12-13H2,1-2H3. The fourth-order valence-electron chi connectivity index (χ4n) is 3.22. The van der Waals surface area contributed by atoms with E-state index < -0.39 is 17.4 Å². The van der Waals surface area contributed by atoms with E-state index in [1.807, 2.05) is 19.9 Å². The second-order valence-electron chi connectivity index (χ2n) is 6.60. The van der Waals surface area contributed by atoms with E-state index in [1.54, 1.807) is 12.3 Å². The molecule has 3 rings (SSSR count). The highest BCUT2D eigenvalue weighted by molar-refractivity contribution is 8.00. The third kappa shape index (κ3) is 5.05. The van der Waals surface area contributed by atoms with E-state index in [2.05, 4.69) is 9.88 Å². The molecule has 1 aliphatic heterocycles. The number of thioether (sulfide) groups is 1. The van der Waals surface area contributed by atoms with E-state index in [0.29, 0.717) is 0 Å². The highest BCUT2D eigenvalue weighted by atomic mass is 32.2. The van der Waals surface area contributed by atoms with Gasteiger partial charge in [0, 0.05) is 30.7 Å². The molecule has 0 radical (unpaired) electrons. The number of anilines is 2. The first-order chi connectivity index (χ1) is 14.2. The number of rotatable bonds is 7. The quantitative estimate of drug-likeness (QED) is 0.470. The van der Waals surface area contributed by atoms with Gasteiger partial charge in [-0.1, -0.05) is 0 Å². The van der Waals surface area contributed by atoms with Crippen LogP contribution in [0.1, 0.15) is 19.4 Å². The van der Waals surface area contributed by atoms with Crippen LogP contribution in [0.15, 0.2) is 47.5 Å². The number of hydrogen-bond donors (Lipinski definition) is 0. The van der Waals surface area contributed by atoms with E-state index in [1.165, 1.54) is 29.2 Å². The lowest BCUT2D eigenvalue weighted by Crippen LogP contribution is -2.32. The van der Waals surface area contributed by atoms with Crippen LogP contribution in [0.5, 0.6) is 0 Å². The molecule has 1 fully saturated rings. The third-order valence-electron chi connectivity index (χ3n) is 4.64. The van der Waals surface area contributed by atoms with Crippen molar-refractivity contribution in [2.24, 2.45) is 0 Å². The minimum absolute atomic E-state index is 0.0112. The Balaban J connectivity index is 1.73. The van der Waals surface area contributed by atoms with Crippen LogP contribution in [0.4, 0.5) is 29.5 Å². The summed E-state index contributed by atoms with van der Waals surface area (Å²) in [6.45, 7) is 5.78. The number of hydrogen-bond acceptors (Lipinski definition) is 5. The van der Waals surface area contributed by atoms with Crippen LogP contribution in [-0.2, 0) is 11.3 Å². The van der Waals surface area contributed by atoms with Crippen LogP contribution in [-0.4, -0.2) is 47.0 Å². The van der Waals surface area contributed by atoms with Crippen molar-refractivity contribution in [3.63, 3.8) is 0 Å². The molecule has 3 amide bonds. The van der Waals surface area contributed by atoms with Crippen LogP contribution in [0.2, 0.25) is 0 Å². The Labute approximate surface area is 176 Å². The molecule has 0 N–H and O–H groups in total. The number of halogens is 3. The normalized spacial score (nSPS) is 14.6. The average Bonchev–Trinajstić information content (AvgIpc) is 2.96. The lowest BCUT2D eigenvalue weighted by molar-refractivity contribution is -0.116. The Hall–Kier alpha value is -2.75. The maximum Gasteiger partial charge on any atom is 0.446 e. The van der Waals surface area contributed by atoms with Gasteiger partial charge in [0.05, 0.1) is 5.69 Å². The number of carbonyl (C=O) groups excluding carboxylic acids is 2.